The van der Waals surface area contributed by atoms with Crippen LogP contribution in [0.25, 0.3) is 22.6 Å². The topological polar surface area (TPSA) is 89.1 Å². The summed E-state index contributed by atoms with van der Waals surface area (Å²) in [5.74, 6) is 0.578. The monoisotopic (exact) mass is 360 g/mol. The molecular formula is C17H17ClN4O3. The molecule has 0 aliphatic rings. The number of halogens is 1. The summed E-state index contributed by atoms with van der Waals surface area (Å²) in [6.45, 7) is 2.47. The predicted octanol–water partition coefficient (Wildman–Crippen LogP) is 3.78. The van der Waals surface area contributed by atoms with Gasteiger partial charge in [0.25, 0.3) is 0 Å². The summed E-state index contributed by atoms with van der Waals surface area (Å²) in [6.07, 6.45) is 1.19. The normalized spacial score (nSPS) is 10.8. The number of hydrogen-bond donors (Lipinski definition) is 2. The highest BCUT2D eigenvalue weighted by Gasteiger charge is 2.12. The van der Waals surface area contributed by atoms with Gasteiger partial charge < -0.3 is 14.5 Å². The Morgan fingerprint density at radius 2 is 2.16 bits per heavy atom. The molecule has 0 spiro atoms. The number of pyridine rings is 1. The van der Waals surface area contributed by atoms with Crippen LogP contribution in [0.3, 0.4) is 0 Å². The molecule has 0 fully saturated rings. The molecule has 2 heterocycles. The molecule has 3 rings (SSSR count). The number of rotatable bonds is 5. The SMILES string of the molecule is COCCOC(=O)Nc1ccc(Cl)c(-c2nc3ncc(C)cc3[nH]2)c1. The number of carbonyl (C=O) groups is 1. The highest BCUT2D eigenvalue weighted by molar-refractivity contribution is 6.33. The van der Waals surface area contributed by atoms with Gasteiger partial charge in [-0.05, 0) is 36.8 Å². The second-order valence-electron chi connectivity index (χ2n) is 5.42. The van der Waals surface area contributed by atoms with Gasteiger partial charge in [0.1, 0.15) is 12.4 Å². The largest absolute Gasteiger partial charge is 0.447 e. The fourth-order valence-electron chi connectivity index (χ4n) is 2.29. The molecule has 0 saturated carbocycles. The van der Waals surface area contributed by atoms with E-state index in [9.17, 15) is 4.79 Å². The molecule has 0 aliphatic heterocycles. The maximum atomic E-state index is 11.7. The number of amides is 1. The number of aromatic amines is 1. The van der Waals surface area contributed by atoms with Gasteiger partial charge in [-0.1, -0.05) is 11.6 Å². The molecule has 8 heteroatoms. The Labute approximate surface area is 149 Å². The quantitative estimate of drug-likeness (QED) is 0.676. The van der Waals surface area contributed by atoms with E-state index >= 15 is 0 Å². The number of aromatic nitrogens is 3. The summed E-state index contributed by atoms with van der Waals surface area (Å²) in [5, 5.41) is 3.16. The number of aryl methyl sites for hydroxylation is 1. The number of nitrogens with zero attached hydrogens (tertiary/aromatic N) is 2. The highest BCUT2D eigenvalue weighted by atomic mass is 35.5. The third-order valence-corrected chi connectivity index (χ3v) is 3.79. The highest BCUT2D eigenvalue weighted by Crippen LogP contribution is 2.30. The van der Waals surface area contributed by atoms with Crippen molar-refractivity contribution in [3.05, 3.63) is 41.0 Å². The number of nitrogens with one attached hydrogen (secondary N) is 2. The van der Waals surface area contributed by atoms with Crippen molar-refractivity contribution in [2.75, 3.05) is 25.6 Å². The molecule has 0 radical (unpaired) electrons. The Morgan fingerprint density at radius 3 is 2.96 bits per heavy atom. The van der Waals surface area contributed by atoms with Crippen LogP contribution in [-0.2, 0) is 9.47 Å². The fourth-order valence-corrected chi connectivity index (χ4v) is 2.50. The smallest absolute Gasteiger partial charge is 0.411 e. The van der Waals surface area contributed by atoms with E-state index in [-0.39, 0.29) is 6.61 Å². The first-order chi connectivity index (χ1) is 12.1. The number of imidazole rings is 1. The molecule has 130 valence electrons. The van der Waals surface area contributed by atoms with Gasteiger partial charge in [-0.2, -0.15) is 0 Å². The molecule has 0 bridgehead atoms. The molecule has 7 nitrogen and oxygen atoms in total. The van der Waals surface area contributed by atoms with Crippen LogP contribution in [0, 0.1) is 6.92 Å². The average Bonchev–Trinajstić information content (AvgIpc) is 2.99. The summed E-state index contributed by atoms with van der Waals surface area (Å²) in [5.41, 5.74) is 3.67. The van der Waals surface area contributed by atoms with Gasteiger partial charge in [-0.15, -0.1) is 0 Å². The zero-order valence-corrected chi connectivity index (χ0v) is 14.6. The van der Waals surface area contributed by atoms with E-state index in [1.54, 1.807) is 24.4 Å². The summed E-state index contributed by atoms with van der Waals surface area (Å²) in [6, 6.07) is 7.06. The summed E-state index contributed by atoms with van der Waals surface area (Å²) >= 11 is 6.29. The third kappa shape index (κ3) is 4.07. The molecule has 3 aromatic rings. The zero-order valence-electron chi connectivity index (χ0n) is 13.8. The molecule has 0 unspecified atom stereocenters. The third-order valence-electron chi connectivity index (χ3n) is 3.46. The molecule has 1 amide bonds. The first-order valence-electron chi connectivity index (χ1n) is 7.62. The van der Waals surface area contributed by atoms with Gasteiger partial charge in [0.2, 0.25) is 0 Å². The first kappa shape index (κ1) is 17.2. The number of hydrogen-bond acceptors (Lipinski definition) is 5. The van der Waals surface area contributed by atoms with E-state index in [0.29, 0.717) is 34.4 Å². The number of anilines is 1. The molecule has 2 aromatic heterocycles. The number of H-pyrrole nitrogens is 1. The predicted molar refractivity (Wildman–Crippen MR) is 95.9 cm³/mol. The van der Waals surface area contributed by atoms with E-state index in [2.05, 4.69) is 20.3 Å². The second kappa shape index (κ2) is 7.50. The van der Waals surface area contributed by atoms with Gasteiger partial charge in [-0.25, -0.2) is 14.8 Å². The number of methoxy groups -OCH3 is 1. The van der Waals surface area contributed by atoms with Crippen LogP contribution in [0.15, 0.2) is 30.5 Å². The Kier molecular flexibility index (Phi) is 5.16. The number of carbonyl (C=O) groups excluding carboxylic acids is 1. The fraction of sp³-hybridized carbons (Fsp3) is 0.235. The van der Waals surface area contributed by atoms with Crippen LogP contribution in [0.5, 0.6) is 0 Å². The molecular weight excluding hydrogens is 344 g/mol. The Hall–Kier alpha value is -2.64. The Balaban J connectivity index is 1.84. The van der Waals surface area contributed by atoms with Crippen molar-refractivity contribution < 1.29 is 14.3 Å². The van der Waals surface area contributed by atoms with Gasteiger partial charge in [0, 0.05) is 24.6 Å². The van der Waals surface area contributed by atoms with E-state index in [1.807, 2.05) is 13.0 Å². The lowest BCUT2D eigenvalue weighted by Crippen LogP contribution is -2.16. The van der Waals surface area contributed by atoms with Gasteiger partial charge in [0.05, 0.1) is 17.1 Å². The minimum atomic E-state index is -0.563. The molecule has 1 aromatic carbocycles. The van der Waals surface area contributed by atoms with Crippen molar-refractivity contribution in [2.24, 2.45) is 0 Å². The van der Waals surface area contributed by atoms with Crippen molar-refractivity contribution in [1.29, 1.82) is 0 Å². The van der Waals surface area contributed by atoms with E-state index < -0.39 is 6.09 Å². The Bertz CT molecular complexity index is 910. The molecule has 25 heavy (non-hydrogen) atoms. The van der Waals surface area contributed by atoms with Crippen molar-refractivity contribution in [1.82, 2.24) is 15.0 Å². The second-order valence-corrected chi connectivity index (χ2v) is 5.82. The molecule has 0 saturated heterocycles. The van der Waals surface area contributed by atoms with Gasteiger partial charge >= 0.3 is 6.09 Å². The van der Waals surface area contributed by atoms with Crippen LogP contribution in [-0.4, -0.2) is 41.4 Å². The van der Waals surface area contributed by atoms with Gasteiger partial charge in [-0.3, -0.25) is 5.32 Å². The van der Waals surface area contributed by atoms with Crippen molar-refractivity contribution >= 4 is 34.5 Å². The van der Waals surface area contributed by atoms with Crippen molar-refractivity contribution in [2.45, 2.75) is 6.92 Å². The molecule has 0 atom stereocenters. The van der Waals surface area contributed by atoms with E-state index in [1.165, 1.54) is 7.11 Å². The maximum absolute atomic E-state index is 11.7. The van der Waals surface area contributed by atoms with E-state index in [0.717, 1.165) is 11.1 Å². The standard InChI is InChI=1S/C17H17ClN4O3/c1-10-7-14-16(19-9-10)22-15(21-14)12-8-11(3-4-13(12)18)20-17(23)25-6-5-24-2/h3-4,7-9H,5-6H2,1-2H3,(H,20,23)(H,19,21,22). The number of ether oxygens (including phenoxy) is 2. The number of benzene rings is 1. The van der Waals surface area contributed by atoms with Gasteiger partial charge in [0.15, 0.2) is 5.65 Å². The van der Waals surface area contributed by atoms with Crippen LogP contribution in [0.4, 0.5) is 10.5 Å². The van der Waals surface area contributed by atoms with Crippen LogP contribution < -0.4 is 5.32 Å². The number of fused-ring (bicyclic) bond motifs is 1. The minimum absolute atomic E-state index is 0.178. The van der Waals surface area contributed by atoms with Crippen LogP contribution in [0.2, 0.25) is 5.02 Å². The first-order valence-corrected chi connectivity index (χ1v) is 7.99. The lowest BCUT2D eigenvalue weighted by atomic mass is 10.2. The minimum Gasteiger partial charge on any atom is -0.447 e. The summed E-state index contributed by atoms with van der Waals surface area (Å²) in [7, 11) is 1.54. The van der Waals surface area contributed by atoms with Crippen LogP contribution in [0.1, 0.15) is 5.56 Å². The molecule has 0 aliphatic carbocycles. The lowest BCUT2D eigenvalue weighted by Gasteiger charge is -2.08. The lowest BCUT2D eigenvalue weighted by molar-refractivity contribution is 0.107. The van der Waals surface area contributed by atoms with E-state index in [4.69, 9.17) is 21.1 Å². The average molecular weight is 361 g/mol. The van der Waals surface area contributed by atoms with Crippen molar-refractivity contribution in [3.8, 4) is 11.4 Å². The Morgan fingerprint density at radius 1 is 1.32 bits per heavy atom. The maximum Gasteiger partial charge on any atom is 0.411 e. The zero-order chi connectivity index (χ0) is 17.8. The summed E-state index contributed by atoms with van der Waals surface area (Å²) in [4.78, 5) is 23.7. The molecule has 2 N–H and O–H groups in total. The van der Waals surface area contributed by atoms with Crippen molar-refractivity contribution in [3.63, 3.8) is 0 Å². The summed E-state index contributed by atoms with van der Waals surface area (Å²) < 4.78 is 9.81. The van der Waals surface area contributed by atoms with Crippen LogP contribution >= 0.6 is 11.6 Å².